The summed E-state index contributed by atoms with van der Waals surface area (Å²) in [5, 5.41) is 18.5. The highest BCUT2D eigenvalue weighted by Crippen LogP contribution is 2.23. The Kier molecular flexibility index (Phi) is 5.93. The van der Waals surface area contributed by atoms with E-state index >= 15 is 0 Å². The van der Waals surface area contributed by atoms with Gasteiger partial charge < -0.3 is 5.11 Å². The summed E-state index contributed by atoms with van der Waals surface area (Å²) in [6.07, 6.45) is 0.281. The van der Waals surface area contributed by atoms with Crippen LogP contribution in [-0.2, 0) is 10.0 Å². The minimum atomic E-state index is -3.78. The van der Waals surface area contributed by atoms with E-state index in [0.717, 1.165) is 18.6 Å². The van der Waals surface area contributed by atoms with Gasteiger partial charge in [-0.2, -0.15) is 9.57 Å². The quantitative estimate of drug-likeness (QED) is 0.857. The Hall–Kier alpha value is -1.53. The number of hydrogen-bond donors (Lipinski definition) is 1. The van der Waals surface area contributed by atoms with Crippen molar-refractivity contribution >= 4 is 10.0 Å². The average Bonchev–Trinajstić information content (AvgIpc) is 2.54. The standard InChI is InChI=1S/C16H22FN3O3S/c1-3-14-11-20(7-6-19(14)10-12(2)21)24(22,23)15-4-5-16(17)13(8-15)9-18/h4-5,8,12,14,21H,3,6-7,10-11H2,1-2H3/t12-,14-/m1/s1. The van der Waals surface area contributed by atoms with Crippen molar-refractivity contribution in [3.63, 3.8) is 0 Å². The third-order valence-corrected chi connectivity index (χ3v) is 6.09. The Morgan fingerprint density at radius 1 is 1.46 bits per heavy atom. The van der Waals surface area contributed by atoms with E-state index in [0.29, 0.717) is 26.2 Å². The van der Waals surface area contributed by atoms with E-state index in [1.807, 2.05) is 6.92 Å². The molecular formula is C16H22FN3O3S. The minimum Gasteiger partial charge on any atom is -0.392 e. The molecule has 0 saturated carbocycles. The maximum atomic E-state index is 13.4. The number of nitriles is 1. The number of benzene rings is 1. The third kappa shape index (κ3) is 3.92. The molecule has 1 saturated heterocycles. The highest BCUT2D eigenvalue weighted by molar-refractivity contribution is 7.89. The van der Waals surface area contributed by atoms with E-state index in [1.165, 1.54) is 10.4 Å². The van der Waals surface area contributed by atoms with Crippen molar-refractivity contribution in [3.8, 4) is 6.07 Å². The van der Waals surface area contributed by atoms with Crippen molar-refractivity contribution in [2.24, 2.45) is 0 Å². The summed E-state index contributed by atoms with van der Waals surface area (Å²) in [6, 6.07) is 4.95. The van der Waals surface area contributed by atoms with Crippen LogP contribution < -0.4 is 0 Å². The lowest BCUT2D eigenvalue weighted by molar-refractivity contribution is 0.0613. The molecule has 1 aromatic rings. The maximum Gasteiger partial charge on any atom is 0.243 e. The van der Waals surface area contributed by atoms with Crippen LogP contribution in [0.2, 0.25) is 0 Å². The summed E-state index contributed by atoms with van der Waals surface area (Å²) in [7, 11) is -3.78. The third-order valence-electron chi connectivity index (χ3n) is 4.23. The van der Waals surface area contributed by atoms with Gasteiger partial charge in [-0.15, -0.1) is 0 Å². The van der Waals surface area contributed by atoms with Gasteiger partial charge >= 0.3 is 0 Å². The Morgan fingerprint density at radius 2 is 2.17 bits per heavy atom. The van der Waals surface area contributed by atoms with Gasteiger partial charge in [-0.05, 0) is 31.5 Å². The summed E-state index contributed by atoms with van der Waals surface area (Å²) >= 11 is 0. The number of nitrogens with zero attached hydrogens (tertiary/aromatic N) is 3. The monoisotopic (exact) mass is 355 g/mol. The molecule has 1 aliphatic rings. The molecule has 132 valence electrons. The summed E-state index contributed by atoms with van der Waals surface area (Å²) in [6.45, 7) is 5.31. The van der Waals surface area contributed by atoms with Gasteiger partial charge in [0.25, 0.3) is 0 Å². The van der Waals surface area contributed by atoms with Gasteiger partial charge in [-0.3, -0.25) is 4.90 Å². The van der Waals surface area contributed by atoms with Crippen LogP contribution in [0.25, 0.3) is 0 Å². The van der Waals surface area contributed by atoms with Gasteiger partial charge in [0.05, 0.1) is 16.6 Å². The van der Waals surface area contributed by atoms with Gasteiger partial charge in [0.15, 0.2) is 0 Å². The van der Waals surface area contributed by atoms with Crippen molar-refractivity contribution in [1.29, 1.82) is 5.26 Å². The fraction of sp³-hybridized carbons (Fsp3) is 0.562. The number of sulfonamides is 1. The zero-order chi connectivity index (χ0) is 17.9. The van der Waals surface area contributed by atoms with E-state index in [9.17, 15) is 17.9 Å². The zero-order valence-electron chi connectivity index (χ0n) is 13.8. The predicted molar refractivity (Wildman–Crippen MR) is 87.2 cm³/mol. The second-order valence-electron chi connectivity index (χ2n) is 6.02. The van der Waals surface area contributed by atoms with E-state index in [2.05, 4.69) is 4.90 Å². The lowest BCUT2D eigenvalue weighted by atomic mass is 10.1. The molecule has 0 unspecified atom stereocenters. The zero-order valence-corrected chi connectivity index (χ0v) is 14.6. The molecule has 1 fully saturated rings. The molecule has 24 heavy (non-hydrogen) atoms. The van der Waals surface area contributed by atoms with Crippen molar-refractivity contribution in [3.05, 3.63) is 29.6 Å². The molecule has 1 aliphatic heterocycles. The average molecular weight is 355 g/mol. The molecule has 6 nitrogen and oxygen atoms in total. The Labute approximate surface area is 142 Å². The Bertz CT molecular complexity index is 731. The van der Waals surface area contributed by atoms with Crippen molar-refractivity contribution in [2.45, 2.75) is 37.3 Å². The van der Waals surface area contributed by atoms with Crippen LogP contribution in [0, 0.1) is 17.1 Å². The molecule has 1 aromatic carbocycles. The van der Waals surface area contributed by atoms with E-state index in [1.54, 1.807) is 13.0 Å². The number of piperazine rings is 1. The Balaban J connectivity index is 2.23. The van der Waals surface area contributed by atoms with E-state index in [-0.39, 0.29) is 16.5 Å². The molecule has 1 heterocycles. The molecule has 0 amide bonds. The second-order valence-corrected chi connectivity index (χ2v) is 7.96. The second kappa shape index (κ2) is 7.57. The minimum absolute atomic E-state index is 0.0130. The van der Waals surface area contributed by atoms with Crippen molar-refractivity contribution in [2.75, 3.05) is 26.2 Å². The Morgan fingerprint density at radius 3 is 2.75 bits per heavy atom. The summed E-state index contributed by atoms with van der Waals surface area (Å²) in [5.41, 5.74) is -0.282. The van der Waals surface area contributed by atoms with Crippen LogP contribution in [0.1, 0.15) is 25.8 Å². The summed E-state index contributed by atoms with van der Waals surface area (Å²) < 4.78 is 40.4. The van der Waals surface area contributed by atoms with Crippen LogP contribution in [0.5, 0.6) is 0 Å². The highest BCUT2D eigenvalue weighted by Gasteiger charge is 2.34. The number of halogens is 1. The summed E-state index contributed by atoms with van der Waals surface area (Å²) in [4.78, 5) is 2.02. The van der Waals surface area contributed by atoms with Crippen LogP contribution in [-0.4, -0.2) is 61.1 Å². The topological polar surface area (TPSA) is 84.6 Å². The van der Waals surface area contributed by atoms with Gasteiger partial charge in [-0.1, -0.05) is 6.92 Å². The van der Waals surface area contributed by atoms with E-state index in [4.69, 9.17) is 5.26 Å². The lowest BCUT2D eigenvalue weighted by Crippen LogP contribution is -2.55. The van der Waals surface area contributed by atoms with E-state index < -0.39 is 21.9 Å². The largest absolute Gasteiger partial charge is 0.392 e. The summed E-state index contributed by atoms with van der Waals surface area (Å²) in [5.74, 6) is -0.732. The fourth-order valence-corrected chi connectivity index (χ4v) is 4.44. The first-order chi connectivity index (χ1) is 11.3. The predicted octanol–water partition coefficient (Wildman–Crippen LogP) is 1.16. The molecule has 2 rings (SSSR count). The fourth-order valence-electron chi connectivity index (χ4n) is 2.95. The molecular weight excluding hydrogens is 333 g/mol. The number of β-amino-alcohol motifs (C(OH)–C–C–N with tert-alkyl or cyclic N) is 1. The lowest BCUT2D eigenvalue weighted by Gasteiger charge is -2.41. The van der Waals surface area contributed by atoms with Crippen LogP contribution >= 0.6 is 0 Å². The molecule has 0 aromatic heterocycles. The van der Waals surface area contributed by atoms with Crippen molar-refractivity contribution in [1.82, 2.24) is 9.21 Å². The SMILES string of the molecule is CC[C@@H]1CN(S(=O)(=O)c2ccc(F)c(C#N)c2)CCN1C[C@@H](C)O. The van der Waals surface area contributed by atoms with Crippen molar-refractivity contribution < 1.29 is 17.9 Å². The molecule has 0 aliphatic carbocycles. The number of hydrogen-bond acceptors (Lipinski definition) is 5. The van der Waals surface area contributed by atoms with Gasteiger partial charge in [0.2, 0.25) is 10.0 Å². The first-order valence-electron chi connectivity index (χ1n) is 7.91. The van der Waals surface area contributed by atoms with Gasteiger partial charge in [-0.25, -0.2) is 12.8 Å². The molecule has 0 spiro atoms. The first kappa shape index (κ1) is 18.8. The number of aliphatic hydroxyl groups is 1. The highest BCUT2D eigenvalue weighted by atomic mass is 32.2. The molecule has 0 bridgehead atoms. The number of rotatable bonds is 5. The normalized spacial score (nSPS) is 21.4. The number of aliphatic hydroxyl groups excluding tert-OH is 1. The van der Waals surface area contributed by atoms with Crippen LogP contribution in [0.4, 0.5) is 4.39 Å². The van der Waals surface area contributed by atoms with Gasteiger partial charge in [0, 0.05) is 32.2 Å². The molecule has 8 heteroatoms. The maximum absolute atomic E-state index is 13.4. The molecule has 0 radical (unpaired) electrons. The first-order valence-corrected chi connectivity index (χ1v) is 9.35. The van der Waals surface area contributed by atoms with Gasteiger partial charge in [0.1, 0.15) is 11.9 Å². The molecule has 2 atom stereocenters. The van der Waals surface area contributed by atoms with Crippen LogP contribution in [0.15, 0.2) is 23.1 Å². The van der Waals surface area contributed by atoms with Crippen LogP contribution in [0.3, 0.4) is 0 Å². The molecule has 1 N–H and O–H groups in total. The smallest absolute Gasteiger partial charge is 0.243 e.